The average Bonchev–Trinajstić information content (AvgIpc) is 2.35. The van der Waals surface area contributed by atoms with E-state index in [1.165, 1.54) is 12.1 Å². The van der Waals surface area contributed by atoms with E-state index < -0.39 is 11.7 Å². The summed E-state index contributed by atoms with van der Waals surface area (Å²) in [7, 11) is 0. The molecule has 20 heavy (non-hydrogen) atoms. The van der Waals surface area contributed by atoms with Crippen molar-refractivity contribution in [2.45, 2.75) is 33.4 Å². The van der Waals surface area contributed by atoms with Crippen LogP contribution in [0.5, 0.6) is 0 Å². The van der Waals surface area contributed by atoms with Crippen molar-refractivity contribution < 1.29 is 13.2 Å². The van der Waals surface area contributed by atoms with Crippen LogP contribution in [0.2, 0.25) is 0 Å². The number of hydrogen-bond donors (Lipinski definition) is 2. The Labute approximate surface area is 122 Å². The van der Waals surface area contributed by atoms with Gasteiger partial charge in [0, 0.05) is 17.8 Å². The third-order valence-electron chi connectivity index (χ3n) is 3.32. The molecule has 3 N–H and O–H groups in total. The van der Waals surface area contributed by atoms with Crippen LogP contribution in [0.15, 0.2) is 18.2 Å². The summed E-state index contributed by atoms with van der Waals surface area (Å²) >= 11 is 4.71. The summed E-state index contributed by atoms with van der Waals surface area (Å²) < 4.78 is 38.5. The maximum absolute atomic E-state index is 12.8. The fraction of sp³-hybridized carbons (Fsp3) is 0.500. The highest BCUT2D eigenvalue weighted by Gasteiger charge is 2.34. The van der Waals surface area contributed by atoms with Crippen LogP contribution in [-0.4, -0.2) is 11.5 Å². The Hall–Kier alpha value is -1.30. The zero-order valence-electron chi connectivity index (χ0n) is 11.8. The van der Waals surface area contributed by atoms with Gasteiger partial charge in [0.1, 0.15) is 4.99 Å². The molecule has 0 fully saturated rings. The predicted molar refractivity (Wildman–Crippen MR) is 79.9 cm³/mol. The van der Waals surface area contributed by atoms with Gasteiger partial charge < -0.3 is 11.1 Å². The summed E-state index contributed by atoms with van der Waals surface area (Å²) in [6.45, 7) is 6.89. The lowest BCUT2D eigenvalue weighted by Gasteiger charge is -2.24. The molecule has 0 atom stereocenters. The van der Waals surface area contributed by atoms with Gasteiger partial charge in [0.25, 0.3) is 0 Å². The van der Waals surface area contributed by atoms with Crippen molar-refractivity contribution >= 4 is 22.9 Å². The molecule has 0 unspecified atom stereocenters. The smallest absolute Gasteiger partial charge is 0.389 e. The number of thiocarbonyl (C=S) groups is 1. The van der Waals surface area contributed by atoms with Crippen LogP contribution in [0.1, 0.15) is 38.3 Å². The van der Waals surface area contributed by atoms with E-state index in [0.29, 0.717) is 12.2 Å². The van der Waals surface area contributed by atoms with Gasteiger partial charge in [0.2, 0.25) is 0 Å². The van der Waals surface area contributed by atoms with Crippen LogP contribution in [0, 0.1) is 5.41 Å². The van der Waals surface area contributed by atoms with Crippen molar-refractivity contribution in [2.75, 3.05) is 11.9 Å². The van der Waals surface area contributed by atoms with Crippen molar-refractivity contribution in [3.63, 3.8) is 0 Å². The number of hydrogen-bond acceptors (Lipinski definition) is 2. The molecule has 0 aliphatic carbocycles. The number of benzene rings is 1. The first-order valence-electron chi connectivity index (χ1n) is 6.32. The number of nitrogens with two attached hydrogens (primary N) is 1. The number of rotatable bonds is 5. The molecule has 1 aromatic rings. The topological polar surface area (TPSA) is 38.0 Å². The Morgan fingerprint density at radius 2 is 1.90 bits per heavy atom. The Morgan fingerprint density at radius 1 is 1.30 bits per heavy atom. The van der Waals surface area contributed by atoms with E-state index in [2.05, 4.69) is 26.1 Å². The third kappa shape index (κ3) is 4.37. The molecule has 1 rings (SSSR count). The van der Waals surface area contributed by atoms with Crippen molar-refractivity contribution in [2.24, 2.45) is 11.1 Å². The fourth-order valence-electron chi connectivity index (χ4n) is 1.57. The second-order valence-electron chi connectivity index (χ2n) is 5.49. The van der Waals surface area contributed by atoms with E-state index >= 15 is 0 Å². The van der Waals surface area contributed by atoms with Crippen LogP contribution in [0.4, 0.5) is 18.9 Å². The highest BCUT2D eigenvalue weighted by molar-refractivity contribution is 7.80. The van der Waals surface area contributed by atoms with Crippen LogP contribution in [-0.2, 0) is 6.18 Å². The first-order valence-corrected chi connectivity index (χ1v) is 6.72. The summed E-state index contributed by atoms with van der Waals surface area (Å²) in [5.74, 6) is 0. The van der Waals surface area contributed by atoms with Crippen LogP contribution < -0.4 is 11.1 Å². The summed E-state index contributed by atoms with van der Waals surface area (Å²) in [5, 5.41) is 3.13. The Kier molecular flexibility index (Phi) is 5.02. The van der Waals surface area contributed by atoms with Gasteiger partial charge >= 0.3 is 6.18 Å². The fourth-order valence-corrected chi connectivity index (χ4v) is 1.74. The molecule has 112 valence electrons. The number of halogens is 3. The molecule has 0 bridgehead atoms. The minimum atomic E-state index is -4.46. The highest BCUT2D eigenvalue weighted by atomic mass is 32.1. The van der Waals surface area contributed by atoms with E-state index in [1.54, 1.807) is 0 Å². The maximum Gasteiger partial charge on any atom is 0.417 e. The van der Waals surface area contributed by atoms with Gasteiger partial charge in [-0.15, -0.1) is 0 Å². The Balaban J connectivity index is 3.03. The Morgan fingerprint density at radius 3 is 2.35 bits per heavy atom. The maximum atomic E-state index is 12.8. The largest absolute Gasteiger partial charge is 0.417 e. The van der Waals surface area contributed by atoms with Crippen molar-refractivity contribution in [1.29, 1.82) is 0 Å². The van der Waals surface area contributed by atoms with Gasteiger partial charge in [0.05, 0.1) is 5.56 Å². The van der Waals surface area contributed by atoms with E-state index in [1.807, 2.05) is 0 Å². The molecule has 0 aliphatic rings. The minimum Gasteiger partial charge on any atom is -0.389 e. The first-order chi connectivity index (χ1) is 9.07. The number of nitrogens with one attached hydrogen (secondary N) is 1. The van der Waals surface area contributed by atoms with Crippen molar-refractivity contribution in [1.82, 2.24) is 0 Å². The van der Waals surface area contributed by atoms with Gasteiger partial charge in [-0.3, -0.25) is 0 Å². The highest BCUT2D eigenvalue weighted by Crippen LogP contribution is 2.33. The Bertz CT molecular complexity index is 496. The quantitative estimate of drug-likeness (QED) is 0.801. The second-order valence-corrected chi connectivity index (χ2v) is 5.93. The molecule has 0 radical (unpaired) electrons. The molecule has 6 heteroatoms. The zero-order chi connectivity index (χ0) is 15.6. The molecule has 0 spiro atoms. The van der Waals surface area contributed by atoms with Crippen LogP contribution in [0.25, 0.3) is 0 Å². The molecule has 2 nitrogen and oxygen atoms in total. The molecular weight excluding hydrogens is 285 g/mol. The molecule has 0 saturated carbocycles. The molecular formula is C14H19F3N2S. The molecule has 0 aliphatic heterocycles. The molecule has 1 aromatic carbocycles. The summed E-state index contributed by atoms with van der Waals surface area (Å²) in [4.78, 5) is -0.254. The van der Waals surface area contributed by atoms with Gasteiger partial charge in [-0.25, -0.2) is 0 Å². The lowest BCUT2D eigenvalue weighted by atomic mass is 9.90. The van der Waals surface area contributed by atoms with Crippen molar-refractivity contribution in [3.05, 3.63) is 29.3 Å². The molecule has 0 heterocycles. The normalized spacial score (nSPS) is 12.3. The van der Waals surface area contributed by atoms with Crippen molar-refractivity contribution in [3.8, 4) is 0 Å². The predicted octanol–water partition coefficient (Wildman–Crippen LogP) is 4.19. The van der Waals surface area contributed by atoms with Gasteiger partial charge in [0.15, 0.2) is 0 Å². The summed E-state index contributed by atoms with van der Waals surface area (Å²) in [6.07, 6.45) is -3.50. The lowest BCUT2D eigenvalue weighted by molar-refractivity contribution is -0.137. The van der Waals surface area contributed by atoms with Crippen LogP contribution >= 0.6 is 12.2 Å². The molecule has 0 aromatic heterocycles. The van der Waals surface area contributed by atoms with E-state index in [-0.39, 0.29) is 16.0 Å². The summed E-state index contributed by atoms with van der Waals surface area (Å²) in [5.41, 5.74) is 5.09. The van der Waals surface area contributed by atoms with Crippen LogP contribution in [0.3, 0.4) is 0 Å². The SMILES string of the molecule is CCC(C)(C)CNc1ccc(C(F)(F)F)c(C(N)=S)c1. The number of anilines is 1. The van der Waals surface area contributed by atoms with Gasteiger partial charge in [-0.05, 0) is 30.0 Å². The van der Waals surface area contributed by atoms with Gasteiger partial charge in [-0.2, -0.15) is 13.2 Å². The lowest BCUT2D eigenvalue weighted by Crippen LogP contribution is -2.23. The monoisotopic (exact) mass is 304 g/mol. The minimum absolute atomic E-state index is 0.0616. The van der Waals surface area contributed by atoms with E-state index in [9.17, 15) is 13.2 Å². The molecule has 0 saturated heterocycles. The third-order valence-corrected chi connectivity index (χ3v) is 3.54. The average molecular weight is 304 g/mol. The zero-order valence-corrected chi connectivity index (χ0v) is 12.6. The van der Waals surface area contributed by atoms with E-state index in [0.717, 1.165) is 12.5 Å². The first kappa shape index (κ1) is 16.8. The standard InChI is InChI=1S/C14H19F3N2S/c1-4-13(2,3)8-19-9-5-6-11(14(15,16)17)10(7-9)12(18)20/h5-7,19H,4,8H2,1-3H3,(H2,18,20). The van der Waals surface area contributed by atoms with Gasteiger partial charge in [-0.1, -0.05) is 33.0 Å². The van der Waals surface area contributed by atoms with E-state index in [4.69, 9.17) is 18.0 Å². The molecule has 0 amide bonds. The summed E-state index contributed by atoms with van der Waals surface area (Å²) in [6, 6.07) is 3.77. The second kappa shape index (κ2) is 5.99. The number of alkyl halides is 3.